The lowest BCUT2D eigenvalue weighted by molar-refractivity contribution is 0.188. The number of nitrogens with zero attached hydrogens (tertiary/aromatic N) is 6. The summed E-state index contributed by atoms with van der Waals surface area (Å²) in [6.07, 6.45) is 7.63. The van der Waals surface area contributed by atoms with Crippen molar-refractivity contribution in [2.24, 2.45) is 0 Å². The topological polar surface area (TPSA) is 68.6 Å². The zero-order valence-corrected chi connectivity index (χ0v) is 17.1. The lowest BCUT2D eigenvalue weighted by atomic mass is 10.2. The fraction of sp³-hybridized carbons (Fsp3) is 0.571. The van der Waals surface area contributed by atoms with E-state index < -0.39 is 0 Å². The lowest BCUT2D eigenvalue weighted by Gasteiger charge is -2.37. The number of hydrogen-bond acceptors (Lipinski definition) is 7. The van der Waals surface area contributed by atoms with Crippen molar-refractivity contribution in [1.29, 1.82) is 0 Å². The zero-order chi connectivity index (χ0) is 19.8. The van der Waals surface area contributed by atoms with Gasteiger partial charge in [-0.3, -0.25) is 9.88 Å². The lowest BCUT2D eigenvalue weighted by Crippen LogP contribution is -2.48. The quantitative estimate of drug-likeness (QED) is 0.711. The van der Waals surface area contributed by atoms with Gasteiger partial charge in [-0.15, -0.1) is 0 Å². The molecule has 7 nitrogen and oxygen atoms in total. The first-order valence-corrected chi connectivity index (χ1v) is 10.4. The summed E-state index contributed by atoms with van der Waals surface area (Å²) < 4.78 is 0. The molecule has 0 aliphatic carbocycles. The summed E-state index contributed by atoms with van der Waals surface area (Å²) in [5.41, 5.74) is 1.92. The molecule has 0 atom stereocenters. The molecule has 152 valence electrons. The van der Waals surface area contributed by atoms with E-state index in [4.69, 9.17) is 9.97 Å². The predicted molar refractivity (Wildman–Crippen MR) is 114 cm³/mol. The summed E-state index contributed by atoms with van der Waals surface area (Å²) in [4.78, 5) is 21.0. The number of aromatic nitrogens is 3. The molecule has 2 aromatic rings. The van der Waals surface area contributed by atoms with Crippen LogP contribution in [0.2, 0.25) is 0 Å². The van der Waals surface area contributed by atoms with E-state index in [1.54, 1.807) is 12.4 Å². The van der Waals surface area contributed by atoms with Crippen LogP contribution in [-0.4, -0.2) is 77.4 Å². The van der Waals surface area contributed by atoms with Crippen LogP contribution in [-0.2, 0) is 0 Å². The van der Waals surface area contributed by atoms with Crippen LogP contribution < -0.4 is 9.80 Å². The van der Waals surface area contributed by atoms with E-state index in [0.717, 1.165) is 81.5 Å². The standard InChI is InChI=1S/C21H32N6O/c1-3-9-26(10-4-2)20-21(27-13-11-25(12-14-27)15-16-28)24-19(17-23-20)18-5-7-22-8-6-18/h5-8,17,28H,3-4,9-16H2,1-2H3. The zero-order valence-electron chi connectivity index (χ0n) is 17.1. The molecule has 2 aromatic heterocycles. The van der Waals surface area contributed by atoms with Gasteiger partial charge in [0, 0.05) is 63.8 Å². The molecule has 3 heterocycles. The largest absolute Gasteiger partial charge is 0.395 e. The maximum absolute atomic E-state index is 9.21. The molecule has 28 heavy (non-hydrogen) atoms. The van der Waals surface area contributed by atoms with Gasteiger partial charge < -0.3 is 14.9 Å². The minimum Gasteiger partial charge on any atom is -0.395 e. The normalized spacial score (nSPS) is 15.0. The molecule has 1 fully saturated rings. The van der Waals surface area contributed by atoms with Gasteiger partial charge in [0.2, 0.25) is 0 Å². The van der Waals surface area contributed by atoms with Crippen LogP contribution in [0.3, 0.4) is 0 Å². The molecule has 0 bridgehead atoms. The maximum atomic E-state index is 9.21. The predicted octanol–water partition coefficient (Wildman–Crippen LogP) is 2.28. The summed E-state index contributed by atoms with van der Waals surface area (Å²) in [6, 6.07) is 3.95. The highest BCUT2D eigenvalue weighted by molar-refractivity contribution is 5.68. The molecule has 3 rings (SSSR count). The molecular formula is C21H32N6O. The number of β-amino-alcohol motifs (C(OH)–C–C–N with tert-alkyl or cyclic N) is 1. The summed E-state index contributed by atoms with van der Waals surface area (Å²) >= 11 is 0. The number of hydrogen-bond donors (Lipinski definition) is 1. The molecule has 1 aliphatic heterocycles. The third-order valence-corrected chi connectivity index (χ3v) is 5.09. The fourth-order valence-electron chi connectivity index (χ4n) is 3.66. The highest BCUT2D eigenvalue weighted by atomic mass is 16.3. The number of aliphatic hydroxyl groups is 1. The van der Waals surface area contributed by atoms with Crippen molar-refractivity contribution in [3.05, 3.63) is 30.7 Å². The highest BCUT2D eigenvalue weighted by Crippen LogP contribution is 2.29. The molecule has 0 aromatic carbocycles. The first-order valence-electron chi connectivity index (χ1n) is 10.4. The first kappa shape index (κ1) is 20.5. The van der Waals surface area contributed by atoms with Gasteiger partial charge in [-0.25, -0.2) is 9.97 Å². The Labute approximate surface area is 168 Å². The molecule has 7 heteroatoms. The molecule has 1 N–H and O–H groups in total. The average molecular weight is 385 g/mol. The van der Waals surface area contributed by atoms with E-state index in [2.05, 4.69) is 33.5 Å². The van der Waals surface area contributed by atoms with Crippen molar-refractivity contribution in [1.82, 2.24) is 19.9 Å². The number of aliphatic hydroxyl groups excluding tert-OH is 1. The Bertz CT molecular complexity index is 712. The van der Waals surface area contributed by atoms with Gasteiger partial charge in [-0.2, -0.15) is 0 Å². The summed E-state index contributed by atoms with van der Waals surface area (Å²) in [5.74, 6) is 1.96. The van der Waals surface area contributed by atoms with Crippen LogP contribution in [0.15, 0.2) is 30.7 Å². The van der Waals surface area contributed by atoms with Gasteiger partial charge in [0.1, 0.15) is 0 Å². The number of anilines is 2. The Balaban J connectivity index is 1.93. The SMILES string of the molecule is CCCN(CCC)c1ncc(-c2ccncc2)nc1N1CCN(CCO)CC1. The molecule has 0 saturated carbocycles. The van der Waals surface area contributed by atoms with Crippen molar-refractivity contribution < 1.29 is 5.11 Å². The smallest absolute Gasteiger partial charge is 0.172 e. The molecule has 0 spiro atoms. The van der Waals surface area contributed by atoms with E-state index in [0.29, 0.717) is 0 Å². The summed E-state index contributed by atoms with van der Waals surface area (Å²) in [6.45, 7) is 11.0. The first-order chi connectivity index (χ1) is 13.8. The molecule has 1 saturated heterocycles. The van der Waals surface area contributed by atoms with Crippen molar-refractivity contribution >= 4 is 11.6 Å². The van der Waals surface area contributed by atoms with E-state index >= 15 is 0 Å². The minimum atomic E-state index is 0.212. The van der Waals surface area contributed by atoms with Crippen molar-refractivity contribution in [3.63, 3.8) is 0 Å². The molecule has 0 radical (unpaired) electrons. The Morgan fingerprint density at radius 3 is 2.32 bits per heavy atom. The molecule has 0 amide bonds. The Kier molecular flexibility index (Phi) is 7.56. The third-order valence-electron chi connectivity index (χ3n) is 5.09. The Morgan fingerprint density at radius 1 is 1.04 bits per heavy atom. The summed E-state index contributed by atoms with van der Waals surface area (Å²) in [7, 11) is 0. The second kappa shape index (κ2) is 10.3. The Morgan fingerprint density at radius 2 is 1.71 bits per heavy atom. The Hall–Kier alpha value is -2.25. The van der Waals surface area contributed by atoms with E-state index in [-0.39, 0.29) is 6.61 Å². The third kappa shape index (κ3) is 4.97. The van der Waals surface area contributed by atoms with Gasteiger partial charge in [0.15, 0.2) is 11.6 Å². The van der Waals surface area contributed by atoms with Crippen LogP contribution in [0.1, 0.15) is 26.7 Å². The van der Waals surface area contributed by atoms with Gasteiger partial charge in [-0.05, 0) is 25.0 Å². The van der Waals surface area contributed by atoms with Crippen molar-refractivity contribution in [3.8, 4) is 11.3 Å². The van der Waals surface area contributed by atoms with Gasteiger partial charge in [-0.1, -0.05) is 13.8 Å². The highest BCUT2D eigenvalue weighted by Gasteiger charge is 2.24. The molecule has 1 aliphatic rings. The number of piperazine rings is 1. The second-order valence-electron chi connectivity index (χ2n) is 7.18. The van der Waals surface area contributed by atoms with Crippen LogP contribution in [0.4, 0.5) is 11.6 Å². The molecular weight excluding hydrogens is 352 g/mol. The second-order valence-corrected chi connectivity index (χ2v) is 7.18. The minimum absolute atomic E-state index is 0.212. The number of pyridine rings is 1. The summed E-state index contributed by atoms with van der Waals surface area (Å²) in [5, 5.41) is 9.21. The number of rotatable bonds is 9. The monoisotopic (exact) mass is 384 g/mol. The van der Waals surface area contributed by atoms with Crippen LogP contribution >= 0.6 is 0 Å². The fourth-order valence-corrected chi connectivity index (χ4v) is 3.66. The van der Waals surface area contributed by atoms with E-state index in [1.165, 1.54) is 0 Å². The van der Waals surface area contributed by atoms with Gasteiger partial charge >= 0.3 is 0 Å². The average Bonchev–Trinajstić information content (AvgIpc) is 2.75. The van der Waals surface area contributed by atoms with Gasteiger partial charge in [0.05, 0.1) is 18.5 Å². The van der Waals surface area contributed by atoms with Crippen molar-refractivity contribution in [2.45, 2.75) is 26.7 Å². The van der Waals surface area contributed by atoms with Gasteiger partial charge in [0.25, 0.3) is 0 Å². The van der Waals surface area contributed by atoms with E-state index in [1.807, 2.05) is 18.3 Å². The van der Waals surface area contributed by atoms with Crippen LogP contribution in [0.25, 0.3) is 11.3 Å². The maximum Gasteiger partial charge on any atom is 0.172 e. The van der Waals surface area contributed by atoms with E-state index in [9.17, 15) is 5.11 Å². The van der Waals surface area contributed by atoms with Crippen molar-refractivity contribution in [2.75, 3.05) is 62.2 Å². The molecule has 0 unspecified atom stereocenters. The van der Waals surface area contributed by atoms with Crippen LogP contribution in [0, 0.1) is 0 Å². The van der Waals surface area contributed by atoms with Crippen LogP contribution in [0.5, 0.6) is 0 Å².